The number of nitro benzene ring substituents is 2. The van der Waals surface area contributed by atoms with Crippen LogP contribution in [0.1, 0.15) is 33.4 Å². The maximum atomic E-state index is 10.7. The Hall–Kier alpha value is -5.28. The lowest BCUT2D eigenvalue weighted by atomic mass is 10.1. The fourth-order valence-corrected chi connectivity index (χ4v) is 3.30. The lowest BCUT2D eigenvalue weighted by molar-refractivity contribution is -0.385. The Labute approximate surface area is 208 Å². The van der Waals surface area contributed by atoms with E-state index in [0.717, 1.165) is 33.4 Å². The number of rotatable bonds is 6. The predicted molar refractivity (Wildman–Crippen MR) is 143 cm³/mol. The standard InChI is InChI=1S/C30H20N2O4/c33-31(34)29-19-15-27(16-20-29)13-11-25-7-3-23(4-8-25)1-2-24-5-9-26(10-6-24)12-14-28-17-21-30(22-18-28)32(35)36/h3-22H/b13-11+,14-12+. The molecule has 0 aliphatic carbocycles. The molecule has 6 nitrogen and oxygen atoms in total. The molecular formula is C30H20N2O4. The fourth-order valence-electron chi connectivity index (χ4n) is 3.30. The van der Waals surface area contributed by atoms with Gasteiger partial charge in [0.1, 0.15) is 0 Å². The van der Waals surface area contributed by atoms with Crippen molar-refractivity contribution < 1.29 is 9.85 Å². The molecule has 0 atom stereocenters. The van der Waals surface area contributed by atoms with Crippen LogP contribution in [0.3, 0.4) is 0 Å². The van der Waals surface area contributed by atoms with Gasteiger partial charge in [-0.05, 0) is 70.8 Å². The van der Waals surface area contributed by atoms with Crippen molar-refractivity contribution in [3.8, 4) is 11.8 Å². The second kappa shape index (κ2) is 11.2. The van der Waals surface area contributed by atoms with Gasteiger partial charge in [0, 0.05) is 35.4 Å². The van der Waals surface area contributed by atoms with Gasteiger partial charge in [-0.25, -0.2) is 0 Å². The van der Waals surface area contributed by atoms with Gasteiger partial charge in [0.25, 0.3) is 11.4 Å². The largest absolute Gasteiger partial charge is 0.269 e. The Balaban J connectivity index is 1.35. The topological polar surface area (TPSA) is 86.3 Å². The molecule has 4 rings (SSSR count). The minimum atomic E-state index is -0.413. The highest BCUT2D eigenvalue weighted by molar-refractivity contribution is 5.71. The van der Waals surface area contributed by atoms with Gasteiger partial charge in [0.15, 0.2) is 0 Å². The van der Waals surface area contributed by atoms with Crippen molar-refractivity contribution in [2.24, 2.45) is 0 Å². The van der Waals surface area contributed by atoms with E-state index in [1.165, 1.54) is 24.3 Å². The quantitative estimate of drug-likeness (QED) is 0.128. The highest BCUT2D eigenvalue weighted by atomic mass is 16.6. The van der Waals surface area contributed by atoms with Crippen molar-refractivity contribution in [1.82, 2.24) is 0 Å². The first-order valence-electron chi connectivity index (χ1n) is 11.0. The second-order valence-electron chi connectivity index (χ2n) is 7.86. The number of non-ortho nitro benzene ring substituents is 2. The molecule has 0 amide bonds. The maximum Gasteiger partial charge on any atom is 0.269 e. The van der Waals surface area contributed by atoms with Crippen LogP contribution in [-0.4, -0.2) is 9.85 Å². The maximum absolute atomic E-state index is 10.7. The molecular weight excluding hydrogens is 452 g/mol. The van der Waals surface area contributed by atoms with Crippen molar-refractivity contribution in [2.75, 3.05) is 0 Å². The smallest absolute Gasteiger partial charge is 0.258 e. The van der Waals surface area contributed by atoms with E-state index in [2.05, 4.69) is 11.8 Å². The van der Waals surface area contributed by atoms with Crippen LogP contribution in [0.25, 0.3) is 24.3 Å². The molecule has 0 aromatic heterocycles. The van der Waals surface area contributed by atoms with Gasteiger partial charge < -0.3 is 0 Å². The number of nitro groups is 2. The van der Waals surface area contributed by atoms with Crippen LogP contribution in [-0.2, 0) is 0 Å². The van der Waals surface area contributed by atoms with Crippen LogP contribution in [0.2, 0.25) is 0 Å². The summed E-state index contributed by atoms with van der Waals surface area (Å²) in [5, 5.41) is 21.5. The molecule has 0 aliphatic rings. The molecule has 0 saturated heterocycles. The lowest BCUT2D eigenvalue weighted by Gasteiger charge is -1.97. The van der Waals surface area contributed by atoms with Crippen LogP contribution in [0, 0.1) is 32.1 Å². The molecule has 0 saturated carbocycles. The minimum Gasteiger partial charge on any atom is -0.258 e. The lowest BCUT2D eigenvalue weighted by Crippen LogP contribution is -1.86. The van der Waals surface area contributed by atoms with Crippen molar-refractivity contribution in [3.05, 3.63) is 151 Å². The first kappa shape index (κ1) is 23.9. The van der Waals surface area contributed by atoms with E-state index < -0.39 is 9.85 Å². The third kappa shape index (κ3) is 6.62. The summed E-state index contributed by atoms with van der Waals surface area (Å²) in [6.45, 7) is 0. The van der Waals surface area contributed by atoms with Crippen molar-refractivity contribution in [1.29, 1.82) is 0 Å². The Kier molecular flexibility index (Phi) is 7.44. The number of hydrogen-bond acceptors (Lipinski definition) is 4. The van der Waals surface area contributed by atoms with Crippen LogP contribution in [0.4, 0.5) is 11.4 Å². The van der Waals surface area contributed by atoms with Crippen LogP contribution < -0.4 is 0 Å². The first-order valence-corrected chi connectivity index (χ1v) is 11.0. The molecule has 0 N–H and O–H groups in total. The molecule has 0 fully saturated rings. The number of nitrogens with zero attached hydrogens (tertiary/aromatic N) is 2. The van der Waals surface area contributed by atoms with Gasteiger partial charge >= 0.3 is 0 Å². The summed E-state index contributed by atoms with van der Waals surface area (Å²) < 4.78 is 0. The van der Waals surface area contributed by atoms with E-state index in [1.54, 1.807) is 24.3 Å². The molecule has 0 bridgehead atoms. The molecule has 0 radical (unpaired) electrons. The third-order valence-electron chi connectivity index (χ3n) is 5.32. The average Bonchev–Trinajstić information content (AvgIpc) is 2.91. The Morgan fingerprint density at radius 2 is 0.694 bits per heavy atom. The van der Waals surface area contributed by atoms with Crippen LogP contribution in [0.5, 0.6) is 0 Å². The van der Waals surface area contributed by atoms with Crippen LogP contribution in [0.15, 0.2) is 97.1 Å². The van der Waals surface area contributed by atoms with Gasteiger partial charge in [0.05, 0.1) is 9.85 Å². The third-order valence-corrected chi connectivity index (χ3v) is 5.32. The van der Waals surface area contributed by atoms with Gasteiger partial charge in [-0.2, -0.15) is 0 Å². The van der Waals surface area contributed by atoms with Gasteiger partial charge in [-0.15, -0.1) is 0 Å². The van der Waals surface area contributed by atoms with Gasteiger partial charge in [0.2, 0.25) is 0 Å². The summed E-state index contributed by atoms with van der Waals surface area (Å²) in [7, 11) is 0. The molecule has 0 unspecified atom stereocenters. The molecule has 0 aliphatic heterocycles. The van der Waals surface area contributed by atoms with E-state index in [9.17, 15) is 20.2 Å². The van der Waals surface area contributed by atoms with E-state index >= 15 is 0 Å². The van der Waals surface area contributed by atoms with Gasteiger partial charge in [-0.3, -0.25) is 20.2 Å². The van der Waals surface area contributed by atoms with Crippen molar-refractivity contribution >= 4 is 35.7 Å². The molecule has 36 heavy (non-hydrogen) atoms. The van der Waals surface area contributed by atoms with E-state index in [0.29, 0.717) is 0 Å². The summed E-state index contributed by atoms with van der Waals surface area (Å²) in [6, 6.07) is 28.5. The highest BCUT2D eigenvalue weighted by Crippen LogP contribution is 2.16. The SMILES string of the molecule is O=[N+]([O-])c1ccc(/C=C/c2ccc(C#Cc3ccc(/C=C/c4ccc([N+](=O)[O-])cc4)cc3)cc2)cc1. The molecule has 174 valence electrons. The van der Waals surface area contributed by atoms with E-state index in [1.807, 2.05) is 72.8 Å². The van der Waals surface area contributed by atoms with Crippen molar-refractivity contribution in [3.63, 3.8) is 0 Å². The normalized spacial score (nSPS) is 10.8. The number of hydrogen-bond donors (Lipinski definition) is 0. The summed E-state index contributed by atoms with van der Waals surface area (Å²) in [5.74, 6) is 6.32. The number of benzene rings is 4. The summed E-state index contributed by atoms with van der Waals surface area (Å²) >= 11 is 0. The second-order valence-corrected chi connectivity index (χ2v) is 7.86. The van der Waals surface area contributed by atoms with Crippen molar-refractivity contribution in [2.45, 2.75) is 0 Å². The summed E-state index contributed by atoms with van der Waals surface area (Å²) in [6.07, 6.45) is 7.70. The average molecular weight is 473 g/mol. The first-order chi connectivity index (χ1) is 17.5. The Morgan fingerprint density at radius 3 is 0.944 bits per heavy atom. The van der Waals surface area contributed by atoms with Gasteiger partial charge in [-0.1, -0.05) is 60.4 Å². The zero-order chi connectivity index (χ0) is 25.3. The summed E-state index contributed by atoms with van der Waals surface area (Å²) in [4.78, 5) is 20.7. The van der Waals surface area contributed by atoms with E-state index in [4.69, 9.17) is 0 Å². The molecule has 4 aromatic rings. The Morgan fingerprint density at radius 1 is 0.444 bits per heavy atom. The Bertz CT molecular complexity index is 1370. The van der Waals surface area contributed by atoms with E-state index in [-0.39, 0.29) is 11.4 Å². The highest BCUT2D eigenvalue weighted by Gasteiger charge is 2.03. The molecule has 6 heteroatoms. The zero-order valence-electron chi connectivity index (χ0n) is 19.1. The predicted octanol–water partition coefficient (Wildman–Crippen LogP) is 7.24. The molecule has 0 spiro atoms. The fraction of sp³-hybridized carbons (Fsp3) is 0. The zero-order valence-corrected chi connectivity index (χ0v) is 19.1. The summed E-state index contributed by atoms with van der Waals surface area (Å²) in [5.41, 5.74) is 5.71. The van der Waals surface area contributed by atoms with Crippen LogP contribution >= 0.6 is 0 Å². The molecule has 4 aromatic carbocycles. The minimum absolute atomic E-state index is 0.0726. The molecule has 0 heterocycles. The monoisotopic (exact) mass is 472 g/mol.